The van der Waals surface area contributed by atoms with E-state index in [1.165, 1.54) is 31.1 Å². The van der Waals surface area contributed by atoms with Gasteiger partial charge in [-0.2, -0.15) is 0 Å². The highest BCUT2D eigenvalue weighted by molar-refractivity contribution is 6.32. The molecule has 4 rings (SSSR count). The van der Waals surface area contributed by atoms with Crippen molar-refractivity contribution in [1.82, 2.24) is 10.2 Å². The van der Waals surface area contributed by atoms with E-state index in [2.05, 4.69) is 10.6 Å². The van der Waals surface area contributed by atoms with Gasteiger partial charge in [-0.25, -0.2) is 4.79 Å². The largest absolute Gasteiger partial charge is 0.505 e. The molecule has 1 aromatic carbocycles. The minimum atomic E-state index is -3.08. The van der Waals surface area contributed by atoms with Gasteiger partial charge < -0.3 is 31.7 Å². The van der Waals surface area contributed by atoms with Gasteiger partial charge >= 0.3 is 6.03 Å². The van der Waals surface area contributed by atoms with E-state index in [0.29, 0.717) is 0 Å². The molecule has 8 atom stereocenters. The summed E-state index contributed by atoms with van der Waals surface area (Å²) in [5.74, 6) is -14.3. The second-order valence-electron chi connectivity index (χ2n) is 12.1. The van der Waals surface area contributed by atoms with Crippen molar-refractivity contribution in [1.29, 1.82) is 0 Å². The number of anilines is 1. The number of fused-ring (bicyclic) bond motifs is 3. The van der Waals surface area contributed by atoms with Crippen molar-refractivity contribution in [3.8, 4) is 5.75 Å². The van der Waals surface area contributed by atoms with Crippen LogP contribution in [0.15, 0.2) is 12.1 Å². The number of primary amides is 1. The van der Waals surface area contributed by atoms with Gasteiger partial charge in [0, 0.05) is 11.5 Å². The zero-order valence-corrected chi connectivity index (χ0v) is 23.0. The molecule has 7 N–H and O–H groups in total. The Morgan fingerprint density at radius 3 is 2.20 bits per heavy atom. The number of aliphatic hydroxyl groups is 2. The molecule has 2 unspecified atom stereocenters. The molecule has 216 valence electrons. The number of amides is 3. The van der Waals surface area contributed by atoms with E-state index in [-0.39, 0.29) is 16.8 Å². The molecule has 0 aromatic heterocycles. The predicted octanol–water partition coefficient (Wildman–Crippen LogP) is -0.681. The van der Waals surface area contributed by atoms with Gasteiger partial charge in [0.05, 0.1) is 35.2 Å². The highest BCUT2D eigenvalue weighted by atomic mass is 16.3. The Hall–Kier alpha value is -3.68. The first kappa shape index (κ1) is 29.3. The maximum atomic E-state index is 14.0. The second kappa shape index (κ2) is 9.46. The summed E-state index contributed by atoms with van der Waals surface area (Å²) in [5.41, 5.74) is 1.46. The van der Waals surface area contributed by atoms with Crippen molar-refractivity contribution < 1.29 is 44.1 Å². The third kappa shape index (κ3) is 4.11. The van der Waals surface area contributed by atoms with Crippen molar-refractivity contribution in [3.63, 3.8) is 0 Å². The molecule has 1 aromatic rings. The number of aliphatic hydroxyl groups excluding tert-OH is 1. The normalized spacial score (nSPS) is 33.7. The molecule has 3 aliphatic rings. The van der Waals surface area contributed by atoms with E-state index in [0.717, 1.165) is 0 Å². The standard InChI is InChI=1S/C27H34N4O9/c1-9-10-7-8-11(29-25(39)30-26(2,3)4)18(32)13(10)19(33)14-12(9)20(34)16-17(31(5)6)21(35)15(24(28)38)23(37)27(16,40)22(14)36/h7-9,12,14-17,20,32,34,40H,1-6H3,(H2,28,38)(H2,29,30,39)/t9-,12+,14?,15?,16+,17-,20-,27-/m0/s1. The molecular formula is C27H34N4O9. The molecule has 0 bridgehead atoms. The SMILES string of the molecule is C[C@H]1c2ccc(NC(=O)NC(C)(C)C)c(O)c2C(=O)C2C(=O)[C@]3(O)C(=O)C(C(N)=O)C(=O)[C@@H](N(C)C)[C@@H]3[C@@H](O)[C@@H]21. The number of nitrogens with two attached hydrogens (primary N) is 1. The van der Waals surface area contributed by atoms with Gasteiger partial charge in [-0.3, -0.25) is 28.9 Å². The molecule has 0 radical (unpaired) electrons. The highest BCUT2D eigenvalue weighted by Crippen LogP contribution is 2.55. The predicted molar refractivity (Wildman–Crippen MR) is 139 cm³/mol. The first-order chi connectivity index (χ1) is 18.4. The maximum Gasteiger partial charge on any atom is 0.319 e. The van der Waals surface area contributed by atoms with Gasteiger partial charge in [-0.1, -0.05) is 13.0 Å². The van der Waals surface area contributed by atoms with Crippen molar-refractivity contribution in [2.24, 2.45) is 29.4 Å². The lowest BCUT2D eigenvalue weighted by atomic mass is 9.49. The minimum absolute atomic E-state index is 0.124. The molecule has 3 amide bonds. The van der Waals surface area contributed by atoms with Crippen LogP contribution in [0.1, 0.15) is 49.5 Å². The smallest absolute Gasteiger partial charge is 0.319 e. The van der Waals surface area contributed by atoms with Crippen LogP contribution in [0.2, 0.25) is 0 Å². The van der Waals surface area contributed by atoms with Crippen LogP contribution < -0.4 is 16.4 Å². The van der Waals surface area contributed by atoms with Gasteiger partial charge in [0.15, 0.2) is 34.7 Å². The summed E-state index contributed by atoms with van der Waals surface area (Å²) in [5, 5.41) is 39.4. The molecule has 13 nitrogen and oxygen atoms in total. The Balaban J connectivity index is 1.85. The van der Waals surface area contributed by atoms with E-state index in [9.17, 15) is 44.1 Å². The van der Waals surface area contributed by atoms with Gasteiger partial charge in [0.2, 0.25) is 5.91 Å². The zero-order valence-electron chi connectivity index (χ0n) is 23.0. The Morgan fingerprint density at radius 1 is 1.07 bits per heavy atom. The molecule has 0 aliphatic heterocycles. The molecule has 0 saturated heterocycles. The summed E-state index contributed by atoms with van der Waals surface area (Å²) in [7, 11) is 2.85. The van der Waals surface area contributed by atoms with Crippen LogP contribution in [-0.2, 0) is 19.2 Å². The summed E-state index contributed by atoms with van der Waals surface area (Å²) in [6.45, 7) is 6.83. The third-order valence-electron chi connectivity index (χ3n) is 8.23. The number of benzene rings is 1. The molecule has 2 fully saturated rings. The number of ketones is 4. The Bertz CT molecular complexity index is 1350. The fourth-order valence-electron chi connectivity index (χ4n) is 6.58. The fourth-order valence-corrected chi connectivity index (χ4v) is 6.58. The summed E-state index contributed by atoms with van der Waals surface area (Å²) in [6, 6.07) is 0.747. The lowest BCUT2D eigenvalue weighted by molar-refractivity contribution is -0.196. The molecule has 0 spiro atoms. The van der Waals surface area contributed by atoms with Crippen LogP contribution in [0.25, 0.3) is 0 Å². The van der Waals surface area contributed by atoms with E-state index in [1.54, 1.807) is 27.7 Å². The quantitative estimate of drug-likeness (QED) is 0.203. The molecule has 2 saturated carbocycles. The number of rotatable bonds is 3. The zero-order chi connectivity index (χ0) is 30.2. The summed E-state index contributed by atoms with van der Waals surface area (Å²) in [6.07, 6.45) is -1.72. The van der Waals surface area contributed by atoms with Crippen LogP contribution in [-0.4, -0.2) is 92.7 Å². The van der Waals surface area contributed by atoms with Crippen LogP contribution in [0.5, 0.6) is 5.75 Å². The average Bonchev–Trinajstić information content (AvgIpc) is 2.81. The van der Waals surface area contributed by atoms with Gasteiger partial charge in [0.1, 0.15) is 5.75 Å². The number of nitrogens with zero attached hydrogens (tertiary/aromatic N) is 1. The number of nitrogens with one attached hydrogen (secondary N) is 2. The van der Waals surface area contributed by atoms with Gasteiger partial charge in [-0.05, 0) is 52.4 Å². The van der Waals surface area contributed by atoms with Crippen molar-refractivity contribution in [3.05, 3.63) is 23.3 Å². The number of hydrogen-bond donors (Lipinski definition) is 6. The number of carbonyl (C=O) groups excluding carboxylic acids is 6. The van der Waals surface area contributed by atoms with E-state index in [4.69, 9.17) is 5.73 Å². The number of phenols is 1. The van der Waals surface area contributed by atoms with Gasteiger partial charge in [0.25, 0.3) is 0 Å². The first-order valence-corrected chi connectivity index (χ1v) is 12.8. The second-order valence-corrected chi connectivity index (χ2v) is 12.1. The number of phenolic OH excluding ortho intramolecular Hbond substituents is 1. The number of hydrogen-bond acceptors (Lipinski definition) is 10. The van der Waals surface area contributed by atoms with Crippen molar-refractivity contribution in [2.75, 3.05) is 19.4 Å². The Labute approximate surface area is 230 Å². The molecule has 0 heterocycles. The lowest BCUT2D eigenvalue weighted by Crippen LogP contribution is -2.77. The average molecular weight is 559 g/mol. The number of urea groups is 1. The van der Waals surface area contributed by atoms with Crippen LogP contribution in [0, 0.1) is 23.7 Å². The molecular weight excluding hydrogens is 524 g/mol. The summed E-state index contributed by atoms with van der Waals surface area (Å²) >= 11 is 0. The number of carbonyl (C=O) groups is 6. The van der Waals surface area contributed by atoms with Crippen molar-refractivity contribution >= 4 is 40.8 Å². The number of likely N-dealkylation sites (N-methyl/N-ethyl adjacent to an activating group) is 1. The van der Waals surface area contributed by atoms with Crippen LogP contribution >= 0.6 is 0 Å². The van der Waals surface area contributed by atoms with Crippen molar-refractivity contribution in [2.45, 2.75) is 56.9 Å². The third-order valence-corrected chi connectivity index (χ3v) is 8.23. The van der Waals surface area contributed by atoms with E-state index in [1.807, 2.05) is 0 Å². The fraction of sp³-hybridized carbons (Fsp3) is 0.556. The monoisotopic (exact) mass is 558 g/mol. The Kier molecular flexibility index (Phi) is 6.93. The lowest BCUT2D eigenvalue weighted by Gasteiger charge is -2.56. The molecule has 40 heavy (non-hydrogen) atoms. The van der Waals surface area contributed by atoms with Crippen LogP contribution in [0.4, 0.5) is 10.5 Å². The first-order valence-electron chi connectivity index (χ1n) is 12.8. The molecule has 13 heteroatoms. The molecule has 3 aliphatic carbocycles. The van der Waals surface area contributed by atoms with Gasteiger partial charge in [-0.15, -0.1) is 0 Å². The number of Topliss-reactive ketones (excluding diaryl/α,β-unsaturated/α-hetero) is 4. The number of aromatic hydroxyl groups is 1. The minimum Gasteiger partial charge on any atom is -0.505 e. The van der Waals surface area contributed by atoms with E-state index >= 15 is 0 Å². The van der Waals surface area contributed by atoms with E-state index < -0.39 is 93.7 Å². The maximum absolute atomic E-state index is 14.0. The van der Waals surface area contributed by atoms with Crippen LogP contribution in [0.3, 0.4) is 0 Å². The summed E-state index contributed by atoms with van der Waals surface area (Å²) in [4.78, 5) is 80.2. The summed E-state index contributed by atoms with van der Waals surface area (Å²) < 4.78 is 0. The highest BCUT2D eigenvalue weighted by Gasteiger charge is 2.72. The Morgan fingerprint density at radius 2 is 1.68 bits per heavy atom. The topological polar surface area (TPSA) is 216 Å².